The van der Waals surface area contributed by atoms with Gasteiger partial charge in [-0.15, -0.1) is 11.3 Å². The van der Waals surface area contributed by atoms with Crippen LogP contribution in [0.25, 0.3) is 6.08 Å². The van der Waals surface area contributed by atoms with E-state index in [0.29, 0.717) is 6.04 Å². The molecule has 1 rings (SSSR count). The minimum absolute atomic E-state index is 0.442. The minimum Gasteiger partial charge on any atom is -0.311 e. The molecule has 0 spiro atoms. The second kappa shape index (κ2) is 5.94. The molecular weight excluding hydrogens is 192 g/mol. The second-order valence-electron chi connectivity index (χ2n) is 3.38. The monoisotopic (exact) mass is 210 g/mol. The highest BCUT2D eigenvalue weighted by Crippen LogP contribution is 2.13. The topological polar surface area (TPSA) is 24.9 Å². The highest BCUT2D eigenvalue weighted by Gasteiger charge is 1.95. The van der Waals surface area contributed by atoms with Gasteiger partial charge in [0.2, 0.25) is 0 Å². The summed E-state index contributed by atoms with van der Waals surface area (Å²) >= 11 is 1.73. The van der Waals surface area contributed by atoms with Gasteiger partial charge in [-0.2, -0.15) is 0 Å². The normalized spacial score (nSPS) is 13.6. The van der Waals surface area contributed by atoms with Gasteiger partial charge in [0.15, 0.2) is 0 Å². The quantitative estimate of drug-likeness (QED) is 0.808. The highest BCUT2D eigenvalue weighted by molar-refractivity contribution is 7.12. The lowest BCUT2D eigenvalue weighted by molar-refractivity contribution is 0.625. The molecule has 0 fully saturated rings. The third-order valence-corrected chi connectivity index (χ3v) is 2.78. The Hall–Kier alpha value is -0.670. The van der Waals surface area contributed by atoms with Crippen molar-refractivity contribution in [1.29, 1.82) is 0 Å². The average molecular weight is 210 g/mol. The van der Waals surface area contributed by atoms with E-state index in [1.54, 1.807) is 11.3 Å². The van der Waals surface area contributed by atoms with Crippen LogP contribution in [0.3, 0.4) is 0 Å². The number of nitrogens with one attached hydrogen (secondary N) is 1. The molecule has 1 unspecified atom stereocenters. The van der Waals surface area contributed by atoms with Gasteiger partial charge in [-0.25, -0.2) is 4.98 Å². The number of nitrogens with zero attached hydrogens (tertiary/aromatic N) is 1. The van der Waals surface area contributed by atoms with Crippen LogP contribution in [0.5, 0.6) is 0 Å². The standard InChI is InChI=1S/C11H18N2S/c1-4-7-12-9(2)5-6-11-8-13-10(3)14-11/h5-6,8-9,12H,4,7H2,1-3H3/b6-5+. The van der Waals surface area contributed by atoms with E-state index in [9.17, 15) is 0 Å². The molecule has 3 heteroatoms. The number of thiazole rings is 1. The molecule has 0 aliphatic carbocycles. The molecule has 78 valence electrons. The molecule has 0 saturated carbocycles. The Labute approximate surface area is 90.1 Å². The molecule has 0 bridgehead atoms. The Kier molecular flexibility index (Phi) is 4.84. The zero-order valence-corrected chi connectivity index (χ0v) is 9.90. The summed E-state index contributed by atoms with van der Waals surface area (Å²) < 4.78 is 0. The van der Waals surface area contributed by atoms with Crippen molar-refractivity contribution in [3.63, 3.8) is 0 Å². The molecule has 1 N–H and O–H groups in total. The van der Waals surface area contributed by atoms with E-state index in [1.165, 1.54) is 11.3 Å². The lowest BCUT2D eigenvalue weighted by atomic mass is 10.3. The third-order valence-electron chi connectivity index (χ3n) is 1.90. The van der Waals surface area contributed by atoms with Gasteiger partial charge in [0.1, 0.15) is 0 Å². The molecule has 14 heavy (non-hydrogen) atoms. The molecule has 0 aliphatic heterocycles. The second-order valence-corrected chi connectivity index (χ2v) is 4.65. The Morgan fingerprint density at radius 3 is 3.00 bits per heavy atom. The van der Waals surface area contributed by atoms with E-state index >= 15 is 0 Å². The molecule has 0 amide bonds. The SMILES string of the molecule is CCCNC(C)/C=C/c1cnc(C)s1. The van der Waals surface area contributed by atoms with E-state index in [1.807, 2.05) is 13.1 Å². The summed E-state index contributed by atoms with van der Waals surface area (Å²) in [6.45, 7) is 7.45. The Balaban J connectivity index is 2.39. The first-order valence-electron chi connectivity index (χ1n) is 5.06. The van der Waals surface area contributed by atoms with Crippen molar-refractivity contribution < 1.29 is 0 Å². The number of rotatable bonds is 5. The number of aryl methyl sites for hydroxylation is 1. The molecule has 0 saturated heterocycles. The zero-order chi connectivity index (χ0) is 10.4. The van der Waals surface area contributed by atoms with Crippen LogP contribution in [0.1, 0.15) is 30.2 Å². The maximum Gasteiger partial charge on any atom is 0.0900 e. The van der Waals surface area contributed by atoms with E-state index in [-0.39, 0.29) is 0 Å². The maximum absolute atomic E-state index is 4.20. The fraction of sp³-hybridized carbons (Fsp3) is 0.545. The smallest absolute Gasteiger partial charge is 0.0900 e. The van der Waals surface area contributed by atoms with Crippen molar-refractivity contribution in [3.8, 4) is 0 Å². The maximum atomic E-state index is 4.20. The first-order chi connectivity index (χ1) is 6.72. The van der Waals surface area contributed by atoms with Gasteiger partial charge in [0.05, 0.1) is 5.01 Å². The van der Waals surface area contributed by atoms with Crippen molar-refractivity contribution >= 4 is 17.4 Å². The lowest BCUT2D eigenvalue weighted by Gasteiger charge is -2.06. The highest BCUT2D eigenvalue weighted by atomic mass is 32.1. The van der Waals surface area contributed by atoms with Gasteiger partial charge in [-0.1, -0.05) is 13.0 Å². The van der Waals surface area contributed by atoms with Crippen molar-refractivity contribution in [1.82, 2.24) is 10.3 Å². The Morgan fingerprint density at radius 2 is 2.43 bits per heavy atom. The van der Waals surface area contributed by atoms with Crippen LogP contribution >= 0.6 is 11.3 Å². The van der Waals surface area contributed by atoms with Gasteiger partial charge in [-0.05, 0) is 32.9 Å². The average Bonchev–Trinajstić information content (AvgIpc) is 2.58. The molecule has 2 nitrogen and oxygen atoms in total. The van der Waals surface area contributed by atoms with Crippen LogP contribution in [0.4, 0.5) is 0 Å². The van der Waals surface area contributed by atoms with E-state index < -0.39 is 0 Å². The largest absolute Gasteiger partial charge is 0.311 e. The fourth-order valence-corrected chi connectivity index (χ4v) is 1.83. The summed E-state index contributed by atoms with van der Waals surface area (Å²) in [5.74, 6) is 0. The van der Waals surface area contributed by atoms with Crippen molar-refractivity contribution in [2.45, 2.75) is 33.2 Å². The minimum atomic E-state index is 0.442. The van der Waals surface area contributed by atoms with Crippen molar-refractivity contribution in [3.05, 3.63) is 22.2 Å². The lowest BCUT2D eigenvalue weighted by Crippen LogP contribution is -2.24. The predicted molar refractivity (Wildman–Crippen MR) is 63.6 cm³/mol. The van der Waals surface area contributed by atoms with Crippen LogP contribution in [0.15, 0.2) is 12.3 Å². The summed E-state index contributed by atoms with van der Waals surface area (Å²) in [4.78, 5) is 5.43. The van der Waals surface area contributed by atoms with E-state index in [0.717, 1.165) is 11.6 Å². The zero-order valence-electron chi connectivity index (χ0n) is 9.08. The molecule has 1 atom stereocenters. The van der Waals surface area contributed by atoms with E-state index in [4.69, 9.17) is 0 Å². The van der Waals surface area contributed by atoms with Gasteiger partial charge in [-0.3, -0.25) is 0 Å². The summed E-state index contributed by atoms with van der Waals surface area (Å²) in [6.07, 6.45) is 7.42. The third kappa shape index (κ3) is 4.03. The predicted octanol–water partition coefficient (Wildman–Crippen LogP) is 2.85. The van der Waals surface area contributed by atoms with Crippen molar-refractivity contribution in [2.24, 2.45) is 0 Å². The molecule has 1 heterocycles. The first kappa shape index (κ1) is 11.4. The number of hydrogen-bond donors (Lipinski definition) is 1. The molecule has 0 aliphatic rings. The van der Waals surface area contributed by atoms with Crippen LogP contribution in [0, 0.1) is 6.92 Å². The van der Waals surface area contributed by atoms with Gasteiger partial charge < -0.3 is 5.32 Å². The molecule has 0 radical (unpaired) electrons. The molecule has 0 aromatic carbocycles. The van der Waals surface area contributed by atoms with Crippen LogP contribution in [-0.2, 0) is 0 Å². The Morgan fingerprint density at radius 1 is 1.64 bits per heavy atom. The van der Waals surface area contributed by atoms with Gasteiger partial charge in [0, 0.05) is 17.1 Å². The van der Waals surface area contributed by atoms with Gasteiger partial charge in [0.25, 0.3) is 0 Å². The summed E-state index contributed by atoms with van der Waals surface area (Å²) in [7, 11) is 0. The molecule has 1 aromatic rings. The van der Waals surface area contributed by atoms with Crippen LogP contribution in [0.2, 0.25) is 0 Å². The summed E-state index contributed by atoms with van der Waals surface area (Å²) in [5, 5.41) is 4.53. The molecule has 1 aromatic heterocycles. The van der Waals surface area contributed by atoms with Crippen molar-refractivity contribution in [2.75, 3.05) is 6.54 Å². The number of hydrogen-bond acceptors (Lipinski definition) is 3. The van der Waals surface area contributed by atoms with Gasteiger partial charge >= 0.3 is 0 Å². The van der Waals surface area contributed by atoms with Crippen LogP contribution in [-0.4, -0.2) is 17.6 Å². The molecular formula is C11H18N2S. The van der Waals surface area contributed by atoms with Crippen LogP contribution < -0.4 is 5.32 Å². The Bertz CT molecular complexity index is 291. The van der Waals surface area contributed by atoms with E-state index in [2.05, 4.69) is 36.3 Å². The summed E-state index contributed by atoms with van der Waals surface area (Å²) in [6, 6.07) is 0.442. The number of aromatic nitrogens is 1. The summed E-state index contributed by atoms with van der Waals surface area (Å²) in [5.41, 5.74) is 0. The fourth-order valence-electron chi connectivity index (χ4n) is 1.13. The first-order valence-corrected chi connectivity index (χ1v) is 5.88.